The molecule has 4 nitrogen and oxygen atoms in total. The molecular formula is C21H22F4N2O2S. The molecule has 0 aliphatic heterocycles. The molecule has 0 N–H and O–H groups in total. The Morgan fingerprint density at radius 2 is 1.43 bits per heavy atom. The smallest absolute Gasteiger partial charge is 0.260 e. The van der Waals surface area contributed by atoms with E-state index in [1.54, 1.807) is 0 Å². The largest absolute Gasteiger partial charge is 0.433 e. The zero-order chi connectivity index (χ0) is 22.7. The summed E-state index contributed by atoms with van der Waals surface area (Å²) in [5.74, 6) is -0.570. The van der Waals surface area contributed by atoms with Crippen LogP contribution in [0.2, 0.25) is 0 Å². The molecule has 162 valence electrons. The molecule has 0 unspecified atom stereocenters. The van der Waals surface area contributed by atoms with Crippen LogP contribution >= 0.6 is 0 Å². The summed E-state index contributed by atoms with van der Waals surface area (Å²) in [6, 6.07) is 10.1. The van der Waals surface area contributed by atoms with Crippen molar-refractivity contribution in [3.8, 4) is 22.4 Å². The highest BCUT2D eigenvalue weighted by Gasteiger charge is 2.40. The molecule has 0 saturated carbocycles. The monoisotopic (exact) mass is 442 g/mol. The van der Waals surface area contributed by atoms with Crippen LogP contribution in [0.5, 0.6) is 0 Å². The van der Waals surface area contributed by atoms with Crippen LogP contribution in [0.15, 0.2) is 53.4 Å². The van der Waals surface area contributed by atoms with E-state index in [-0.39, 0.29) is 28.3 Å². The minimum absolute atomic E-state index is 0.0234. The van der Waals surface area contributed by atoms with Gasteiger partial charge < -0.3 is 0 Å². The molecule has 0 radical (unpaired) electrons. The van der Waals surface area contributed by atoms with E-state index in [1.165, 1.54) is 43.3 Å². The molecule has 30 heavy (non-hydrogen) atoms. The van der Waals surface area contributed by atoms with Crippen molar-refractivity contribution in [1.82, 2.24) is 9.78 Å². The van der Waals surface area contributed by atoms with E-state index in [0.717, 1.165) is 23.1 Å². The topological polar surface area (TPSA) is 52.0 Å². The third kappa shape index (κ3) is 4.89. The Morgan fingerprint density at radius 3 is 1.87 bits per heavy atom. The summed E-state index contributed by atoms with van der Waals surface area (Å²) in [6.07, 6.45) is -3.64. The Morgan fingerprint density at radius 1 is 0.933 bits per heavy atom. The second kappa shape index (κ2) is 8.99. The van der Waals surface area contributed by atoms with Gasteiger partial charge in [0.15, 0.2) is 15.5 Å². The number of aromatic nitrogens is 2. The zero-order valence-corrected chi connectivity index (χ0v) is 17.8. The first-order valence-corrected chi connectivity index (χ1v) is 11.2. The third-order valence-corrected chi connectivity index (χ3v) is 5.34. The second-order valence-electron chi connectivity index (χ2n) is 6.19. The molecule has 0 amide bonds. The fourth-order valence-corrected chi connectivity index (χ4v) is 3.56. The zero-order valence-electron chi connectivity index (χ0n) is 17.0. The maximum absolute atomic E-state index is 13.8. The molecule has 0 atom stereocenters. The van der Waals surface area contributed by atoms with Gasteiger partial charge in [-0.3, -0.25) is 4.68 Å². The van der Waals surface area contributed by atoms with Crippen LogP contribution in [0.3, 0.4) is 0 Å². The Kier molecular flexibility index (Phi) is 7.07. The van der Waals surface area contributed by atoms with E-state index in [9.17, 15) is 26.0 Å². The molecule has 9 heteroatoms. The number of alkyl halides is 3. The van der Waals surface area contributed by atoms with E-state index >= 15 is 0 Å². The molecule has 0 aliphatic rings. The summed E-state index contributed by atoms with van der Waals surface area (Å²) < 4.78 is 78.8. The van der Waals surface area contributed by atoms with Gasteiger partial charge in [-0.15, -0.1) is 0 Å². The van der Waals surface area contributed by atoms with Gasteiger partial charge in [-0.1, -0.05) is 38.1 Å². The first-order valence-electron chi connectivity index (χ1n) is 9.26. The van der Waals surface area contributed by atoms with Crippen molar-refractivity contribution in [2.24, 2.45) is 0 Å². The first-order chi connectivity index (χ1) is 14.0. The quantitative estimate of drug-likeness (QED) is 0.478. The molecule has 0 fully saturated rings. The van der Waals surface area contributed by atoms with Crippen molar-refractivity contribution in [3.05, 3.63) is 60.0 Å². The van der Waals surface area contributed by atoms with Gasteiger partial charge in [-0.2, -0.15) is 18.3 Å². The summed E-state index contributed by atoms with van der Waals surface area (Å²) in [4.78, 5) is 0.0468. The van der Waals surface area contributed by atoms with Crippen LogP contribution in [-0.2, 0) is 22.6 Å². The number of hydrogen-bond donors (Lipinski definition) is 0. The molecule has 0 aliphatic carbocycles. The highest BCUT2D eigenvalue weighted by atomic mass is 32.2. The van der Waals surface area contributed by atoms with Gasteiger partial charge in [0.25, 0.3) is 0 Å². The van der Waals surface area contributed by atoms with Crippen LogP contribution in [0.4, 0.5) is 17.6 Å². The van der Waals surface area contributed by atoms with E-state index in [4.69, 9.17) is 0 Å². The van der Waals surface area contributed by atoms with Crippen molar-refractivity contribution in [1.29, 1.82) is 0 Å². The van der Waals surface area contributed by atoms with Crippen molar-refractivity contribution >= 4 is 9.84 Å². The van der Waals surface area contributed by atoms with Gasteiger partial charge in [0.05, 0.1) is 4.90 Å². The van der Waals surface area contributed by atoms with Crippen molar-refractivity contribution in [2.45, 2.75) is 38.4 Å². The number of benzene rings is 2. The number of nitrogens with zero attached hydrogens (tertiary/aromatic N) is 2. The van der Waals surface area contributed by atoms with Gasteiger partial charge in [-0.05, 0) is 36.8 Å². The maximum atomic E-state index is 13.8. The Bertz CT molecular complexity index is 1100. The standard InChI is InChI=1S/C19H16F4N2O2S.C2H6/c1-3-25-18(19(21,22)23)16(12-4-8-14(20)9-5-12)17(24-25)13-6-10-15(11-7-13)28(2,26)27;1-2/h4-11H,3H2,1-2H3;1-2H3. The van der Waals surface area contributed by atoms with Gasteiger partial charge >= 0.3 is 6.18 Å². The lowest BCUT2D eigenvalue weighted by Gasteiger charge is -2.12. The molecular weight excluding hydrogens is 420 g/mol. The lowest BCUT2D eigenvalue weighted by atomic mass is 9.98. The van der Waals surface area contributed by atoms with E-state index in [1.807, 2.05) is 13.8 Å². The average molecular weight is 442 g/mol. The molecule has 2 aromatic carbocycles. The van der Waals surface area contributed by atoms with Crippen LogP contribution in [0.1, 0.15) is 26.5 Å². The summed E-state index contributed by atoms with van der Waals surface area (Å²) in [7, 11) is -3.45. The van der Waals surface area contributed by atoms with Crippen LogP contribution in [0.25, 0.3) is 22.4 Å². The van der Waals surface area contributed by atoms with Gasteiger partial charge in [0.1, 0.15) is 11.5 Å². The average Bonchev–Trinajstić information content (AvgIpc) is 3.10. The second-order valence-corrected chi connectivity index (χ2v) is 8.20. The lowest BCUT2D eigenvalue weighted by Crippen LogP contribution is -2.14. The summed E-state index contributed by atoms with van der Waals surface area (Å²) >= 11 is 0. The maximum Gasteiger partial charge on any atom is 0.433 e. The normalized spacial score (nSPS) is 11.7. The Labute approximate surface area is 173 Å². The molecule has 0 spiro atoms. The summed E-state index contributed by atoms with van der Waals surface area (Å²) in [5, 5.41) is 4.11. The molecule has 0 saturated heterocycles. The van der Waals surface area contributed by atoms with Gasteiger partial charge in [0, 0.05) is 23.9 Å². The van der Waals surface area contributed by atoms with Crippen LogP contribution in [-0.4, -0.2) is 24.5 Å². The molecule has 3 rings (SSSR count). The Balaban J connectivity index is 0.00000155. The summed E-state index contributed by atoms with van der Waals surface area (Å²) in [5.41, 5.74) is -0.592. The predicted molar refractivity (Wildman–Crippen MR) is 108 cm³/mol. The minimum atomic E-state index is -4.68. The first kappa shape index (κ1) is 23.6. The van der Waals surface area contributed by atoms with Crippen molar-refractivity contribution in [2.75, 3.05) is 6.26 Å². The molecule has 1 aromatic heterocycles. The van der Waals surface area contributed by atoms with Crippen LogP contribution < -0.4 is 0 Å². The fraction of sp³-hybridized carbons (Fsp3) is 0.286. The van der Waals surface area contributed by atoms with E-state index < -0.39 is 27.5 Å². The van der Waals surface area contributed by atoms with E-state index in [2.05, 4.69) is 5.10 Å². The fourth-order valence-electron chi connectivity index (χ4n) is 2.93. The van der Waals surface area contributed by atoms with E-state index in [0.29, 0.717) is 5.56 Å². The van der Waals surface area contributed by atoms with Crippen molar-refractivity contribution in [3.63, 3.8) is 0 Å². The highest BCUT2D eigenvalue weighted by Crippen LogP contribution is 2.42. The van der Waals surface area contributed by atoms with Gasteiger partial charge in [0.2, 0.25) is 0 Å². The summed E-state index contributed by atoms with van der Waals surface area (Å²) in [6.45, 7) is 5.51. The van der Waals surface area contributed by atoms with Crippen molar-refractivity contribution < 1.29 is 26.0 Å². The number of hydrogen-bond acceptors (Lipinski definition) is 3. The predicted octanol–water partition coefficient (Wildman–Crippen LogP) is 5.82. The number of sulfone groups is 1. The lowest BCUT2D eigenvalue weighted by molar-refractivity contribution is -0.143. The minimum Gasteiger partial charge on any atom is -0.260 e. The molecule has 3 aromatic rings. The highest BCUT2D eigenvalue weighted by molar-refractivity contribution is 7.90. The van der Waals surface area contributed by atoms with Gasteiger partial charge in [-0.25, -0.2) is 12.8 Å². The number of halogens is 4. The Hall–Kier alpha value is -2.68. The van der Waals surface area contributed by atoms with Crippen LogP contribution in [0, 0.1) is 5.82 Å². The number of rotatable bonds is 4. The molecule has 0 bridgehead atoms. The number of aryl methyl sites for hydroxylation is 1. The third-order valence-electron chi connectivity index (χ3n) is 4.21. The molecule has 1 heterocycles. The SMILES string of the molecule is CC.CCn1nc(-c2ccc(S(C)(=O)=O)cc2)c(-c2ccc(F)cc2)c1C(F)(F)F.